The average molecular weight is 329 g/mol. The van der Waals surface area contributed by atoms with Crippen molar-refractivity contribution in [3.8, 4) is 0 Å². The molecule has 1 saturated heterocycles. The van der Waals surface area contributed by atoms with Crippen molar-refractivity contribution < 1.29 is 18.4 Å². The van der Waals surface area contributed by atoms with Gasteiger partial charge in [-0.05, 0) is 18.9 Å². The number of para-hydroxylation sites is 1. The van der Waals surface area contributed by atoms with E-state index in [2.05, 4.69) is 5.32 Å². The molecule has 1 aliphatic heterocycles. The molecule has 1 aromatic rings. The molecule has 22 heavy (non-hydrogen) atoms. The third-order valence-corrected chi connectivity index (χ3v) is 5.52. The van der Waals surface area contributed by atoms with Crippen LogP contribution in [0.2, 0.25) is 0 Å². The number of hydrogen-bond acceptors (Lipinski definition) is 6. The molecule has 0 aromatic heterocycles. The smallest absolute Gasteiger partial charge is 0.289 e. The molecule has 0 saturated carbocycles. The molecule has 2 N–H and O–H groups in total. The second-order valence-electron chi connectivity index (χ2n) is 5.10. The highest BCUT2D eigenvalue weighted by molar-refractivity contribution is 7.89. The summed E-state index contributed by atoms with van der Waals surface area (Å²) in [5.41, 5.74) is -0.409. The summed E-state index contributed by atoms with van der Waals surface area (Å²) in [7, 11) is -3.91. The molecule has 1 aliphatic rings. The fourth-order valence-corrected chi connectivity index (χ4v) is 4.24. The van der Waals surface area contributed by atoms with Crippen LogP contribution in [0, 0.1) is 10.1 Å². The van der Waals surface area contributed by atoms with Crippen molar-refractivity contribution in [3.05, 3.63) is 34.4 Å². The van der Waals surface area contributed by atoms with E-state index in [-0.39, 0.29) is 24.1 Å². The molecule has 1 unspecified atom stereocenters. The zero-order valence-corrected chi connectivity index (χ0v) is 12.8. The minimum absolute atomic E-state index is 0.0204. The molecule has 0 radical (unpaired) electrons. The van der Waals surface area contributed by atoms with E-state index in [0.29, 0.717) is 19.5 Å². The Balaban J connectivity index is 2.25. The second-order valence-corrected chi connectivity index (χ2v) is 7.01. The van der Waals surface area contributed by atoms with Crippen LogP contribution in [0.3, 0.4) is 0 Å². The van der Waals surface area contributed by atoms with Crippen LogP contribution < -0.4 is 5.32 Å². The molecule has 122 valence electrons. The minimum Gasteiger partial charge on any atom is -0.395 e. The lowest BCUT2D eigenvalue weighted by Crippen LogP contribution is -2.48. The summed E-state index contributed by atoms with van der Waals surface area (Å²) in [5.74, 6) is 0. The van der Waals surface area contributed by atoms with Gasteiger partial charge in [0.05, 0.1) is 11.5 Å². The zero-order valence-electron chi connectivity index (χ0n) is 12.0. The van der Waals surface area contributed by atoms with E-state index in [1.165, 1.54) is 28.6 Å². The Hall–Kier alpha value is -1.55. The Morgan fingerprint density at radius 1 is 1.41 bits per heavy atom. The van der Waals surface area contributed by atoms with Gasteiger partial charge in [0, 0.05) is 31.7 Å². The summed E-state index contributed by atoms with van der Waals surface area (Å²) in [6.45, 7) is 0.956. The number of benzene rings is 1. The molecule has 0 amide bonds. The third-order valence-electron chi connectivity index (χ3n) is 3.61. The average Bonchev–Trinajstić information content (AvgIpc) is 2.53. The Morgan fingerprint density at radius 2 is 2.14 bits per heavy atom. The number of sulfonamides is 1. The van der Waals surface area contributed by atoms with Crippen LogP contribution >= 0.6 is 0 Å². The van der Waals surface area contributed by atoms with Gasteiger partial charge in [0.25, 0.3) is 5.69 Å². The molecule has 0 aliphatic carbocycles. The molecule has 9 heteroatoms. The number of aliphatic hydroxyl groups excluding tert-OH is 1. The van der Waals surface area contributed by atoms with Crippen molar-refractivity contribution in [2.45, 2.75) is 23.8 Å². The number of hydrogen-bond donors (Lipinski definition) is 2. The third kappa shape index (κ3) is 3.61. The lowest BCUT2D eigenvalue weighted by atomic mass is 10.1. The van der Waals surface area contributed by atoms with Crippen LogP contribution in [0.25, 0.3) is 0 Å². The van der Waals surface area contributed by atoms with Crippen molar-refractivity contribution in [1.29, 1.82) is 0 Å². The Bertz CT molecular complexity index is 634. The predicted molar refractivity (Wildman–Crippen MR) is 80.0 cm³/mol. The first kappa shape index (κ1) is 16.8. The molecule has 1 heterocycles. The summed E-state index contributed by atoms with van der Waals surface area (Å²) in [6, 6.07) is 5.32. The van der Waals surface area contributed by atoms with Gasteiger partial charge in [-0.3, -0.25) is 10.1 Å². The molecule has 0 spiro atoms. The molecular weight excluding hydrogens is 310 g/mol. The topological polar surface area (TPSA) is 113 Å². The van der Waals surface area contributed by atoms with Gasteiger partial charge in [-0.25, -0.2) is 8.42 Å². The van der Waals surface area contributed by atoms with Gasteiger partial charge >= 0.3 is 0 Å². The fraction of sp³-hybridized carbons (Fsp3) is 0.538. The SMILES string of the molecule is O=[N+]([O-])c1ccccc1S(=O)(=O)N1CCCC(NCCO)C1. The Labute approximate surface area is 128 Å². The quantitative estimate of drug-likeness (QED) is 0.574. The standard InChI is InChI=1S/C13H19N3O5S/c17-9-7-14-11-4-3-8-15(10-11)22(20,21)13-6-2-1-5-12(13)16(18)19/h1-2,5-6,11,14,17H,3-4,7-10H2. The highest BCUT2D eigenvalue weighted by Gasteiger charge is 2.34. The van der Waals surface area contributed by atoms with Gasteiger partial charge in [0.2, 0.25) is 10.0 Å². The summed E-state index contributed by atoms with van der Waals surface area (Å²) in [6.07, 6.45) is 1.48. The number of nitrogens with zero attached hydrogens (tertiary/aromatic N) is 2. The first-order valence-corrected chi connectivity index (χ1v) is 8.48. The van der Waals surface area contributed by atoms with Crippen LogP contribution in [0.1, 0.15) is 12.8 Å². The van der Waals surface area contributed by atoms with Crippen molar-refractivity contribution in [2.75, 3.05) is 26.2 Å². The molecule has 2 rings (SSSR count). The normalized spacial score (nSPS) is 20.0. The van der Waals surface area contributed by atoms with Gasteiger partial charge in [0.15, 0.2) is 4.90 Å². The summed E-state index contributed by atoms with van der Waals surface area (Å²) in [5, 5.41) is 22.9. The lowest BCUT2D eigenvalue weighted by molar-refractivity contribution is -0.387. The minimum atomic E-state index is -3.91. The number of nitrogens with one attached hydrogen (secondary N) is 1. The summed E-state index contributed by atoms with van der Waals surface area (Å²) in [4.78, 5) is 10.1. The maximum atomic E-state index is 12.7. The maximum absolute atomic E-state index is 12.7. The van der Waals surface area contributed by atoms with Gasteiger partial charge in [-0.2, -0.15) is 4.31 Å². The van der Waals surface area contributed by atoms with Gasteiger partial charge in [-0.15, -0.1) is 0 Å². The van der Waals surface area contributed by atoms with Crippen molar-refractivity contribution in [1.82, 2.24) is 9.62 Å². The second kappa shape index (κ2) is 7.14. The highest BCUT2D eigenvalue weighted by atomic mass is 32.2. The Morgan fingerprint density at radius 3 is 2.82 bits per heavy atom. The lowest BCUT2D eigenvalue weighted by Gasteiger charge is -2.32. The molecule has 8 nitrogen and oxygen atoms in total. The number of piperidine rings is 1. The molecule has 1 aromatic carbocycles. The Kier molecular flexibility index (Phi) is 5.46. The van der Waals surface area contributed by atoms with Gasteiger partial charge < -0.3 is 10.4 Å². The highest BCUT2D eigenvalue weighted by Crippen LogP contribution is 2.28. The predicted octanol–water partition coefficient (Wildman–Crippen LogP) is 0.330. The van der Waals surface area contributed by atoms with Crippen LogP contribution in [0.5, 0.6) is 0 Å². The first-order valence-electron chi connectivity index (χ1n) is 7.04. The van der Waals surface area contributed by atoms with Crippen molar-refractivity contribution in [3.63, 3.8) is 0 Å². The number of nitro benzene ring substituents is 1. The molecule has 0 bridgehead atoms. The molecule has 1 atom stereocenters. The van der Waals surface area contributed by atoms with E-state index in [9.17, 15) is 18.5 Å². The van der Waals surface area contributed by atoms with Crippen LogP contribution in [-0.4, -0.2) is 55.0 Å². The maximum Gasteiger partial charge on any atom is 0.289 e. The van der Waals surface area contributed by atoms with Crippen LogP contribution in [0.15, 0.2) is 29.2 Å². The van der Waals surface area contributed by atoms with E-state index in [1.54, 1.807) is 0 Å². The largest absolute Gasteiger partial charge is 0.395 e. The van der Waals surface area contributed by atoms with E-state index in [0.717, 1.165) is 6.42 Å². The molecule has 1 fully saturated rings. The zero-order chi connectivity index (χ0) is 16.2. The fourth-order valence-electron chi connectivity index (χ4n) is 2.56. The monoisotopic (exact) mass is 329 g/mol. The summed E-state index contributed by atoms with van der Waals surface area (Å²) < 4.78 is 26.6. The molecular formula is C13H19N3O5S. The number of aliphatic hydroxyl groups is 1. The number of nitro groups is 1. The van der Waals surface area contributed by atoms with Crippen molar-refractivity contribution >= 4 is 15.7 Å². The van der Waals surface area contributed by atoms with Crippen LogP contribution in [-0.2, 0) is 10.0 Å². The van der Waals surface area contributed by atoms with Crippen LogP contribution in [0.4, 0.5) is 5.69 Å². The van der Waals surface area contributed by atoms with E-state index < -0.39 is 20.6 Å². The van der Waals surface area contributed by atoms with E-state index in [4.69, 9.17) is 5.11 Å². The van der Waals surface area contributed by atoms with Crippen molar-refractivity contribution in [2.24, 2.45) is 0 Å². The van der Waals surface area contributed by atoms with Gasteiger partial charge in [0.1, 0.15) is 0 Å². The number of rotatable bonds is 6. The first-order chi connectivity index (χ1) is 10.5. The van der Waals surface area contributed by atoms with Gasteiger partial charge in [-0.1, -0.05) is 12.1 Å². The van der Waals surface area contributed by atoms with E-state index in [1.807, 2.05) is 0 Å². The summed E-state index contributed by atoms with van der Waals surface area (Å²) >= 11 is 0. The van der Waals surface area contributed by atoms with E-state index >= 15 is 0 Å².